The van der Waals surface area contributed by atoms with Gasteiger partial charge in [0.15, 0.2) is 0 Å². The highest BCUT2D eigenvalue weighted by molar-refractivity contribution is 7.71. The molecule has 1 N–H and O–H groups in total. The minimum atomic E-state index is 0.0638. The van der Waals surface area contributed by atoms with Crippen molar-refractivity contribution in [3.8, 4) is 17.1 Å². The van der Waals surface area contributed by atoms with E-state index in [2.05, 4.69) is 51.8 Å². The lowest BCUT2D eigenvalue weighted by Crippen LogP contribution is -2.35. The molecule has 4 nitrogen and oxygen atoms in total. The van der Waals surface area contributed by atoms with Crippen LogP contribution in [0.2, 0.25) is 0 Å². The van der Waals surface area contributed by atoms with Gasteiger partial charge in [-0.05, 0) is 105 Å². The van der Waals surface area contributed by atoms with Crippen molar-refractivity contribution in [2.24, 2.45) is 0 Å². The minimum absolute atomic E-state index is 0.0638. The highest BCUT2D eigenvalue weighted by atomic mass is 32.1. The van der Waals surface area contributed by atoms with Gasteiger partial charge in [0.05, 0.1) is 15.3 Å². The normalized spacial score (nSPS) is 16.6. The van der Waals surface area contributed by atoms with Crippen molar-refractivity contribution < 1.29 is 14.3 Å². The van der Waals surface area contributed by atoms with Crippen molar-refractivity contribution in [2.75, 3.05) is 18.0 Å². The number of aliphatic hydroxyl groups is 1. The molecule has 1 aromatic carbocycles. The lowest BCUT2D eigenvalue weighted by molar-refractivity contribution is 0.415. The number of fused-ring (bicyclic) bond motifs is 3. The first-order valence-electron chi connectivity index (χ1n) is 15.8. The van der Waals surface area contributed by atoms with Crippen LogP contribution in [0, 0.1) is 18.4 Å². The highest BCUT2D eigenvalue weighted by Gasteiger charge is 2.33. The third-order valence-corrected chi connectivity index (χ3v) is 10.1. The molecule has 4 aliphatic heterocycles. The van der Waals surface area contributed by atoms with Gasteiger partial charge < -0.3 is 19.2 Å². The zero-order valence-corrected chi connectivity index (χ0v) is 26.5. The summed E-state index contributed by atoms with van der Waals surface area (Å²) < 4.78 is 13.8. The molecule has 0 saturated heterocycles. The Bertz CT molecular complexity index is 1770. The molecular weight excluding hydrogens is 538 g/mol. The lowest BCUT2D eigenvalue weighted by atomic mass is 9.84. The Balaban J connectivity index is 1.57. The van der Waals surface area contributed by atoms with Crippen molar-refractivity contribution in [3.05, 3.63) is 78.1 Å². The average molecular weight is 582 g/mol. The lowest BCUT2D eigenvalue weighted by Gasteiger charge is -2.40. The molecular formula is C37H43NO3S. The molecule has 0 amide bonds. The summed E-state index contributed by atoms with van der Waals surface area (Å²) in [5.74, 6) is 2.21. The Morgan fingerprint density at radius 1 is 0.976 bits per heavy atom. The number of unbranched alkanes of at least 4 members (excludes halogenated alkanes) is 2. The summed E-state index contributed by atoms with van der Waals surface area (Å²) in [7, 11) is 0. The molecule has 4 heterocycles. The molecule has 6 rings (SSSR count). The summed E-state index contributed by atoms with van der Waals surface area (Å²) in [6.07, 6.45) is 12.7. The Labute approximate surface area is 255 Å². The molecule has 0 radical (unpaired) electrons. The smallest absolute Gasteiger partial charge is 0.140 e. The average Bonchev–Trinajstić information content (AvgIpc) is 2.99. The third kappa shape index (κ3) is 4.61. The zero-order chi connectivity index (χ0) is 29.7. The van der Waals surface area contributed by atoms with E-state index in [1.165, 1.54) is 45.5 Å². The van der Waals surface area contributed by atoms with Gasteiger partial charge in [-0.25, -0.2) is 0 Å². The van der Waals surface area contributed by atoms with Gasteiger partial charge in [-0.1, -0.05) is 52.1 Å². The van der Waals surface area contributed by atoms with Crippen LogP contribution in [-0.2, 0) is 25.7 Å². The van der Waals surface area contributed by atoms with E-state index in [1.54, 1.807) is 0 Å². The van der Waals surface area contributed by atoms with Crippen LogP contribution in [-0.4, -0.2) is 18.2 Å². The first-order chi connectivity index (χ1) is 20.3. The van der Waals surface area contributed by atoms with Crippen LogP contribution in [0.4, 0.5) is 5.69 Å². The number of aliphatic hydroxyl groups excluding tert-OH is 1. The largest absolute Gasteiger partial charge is 0.506 e. The summed E-state index contributed by atoms with van der Waals surface area (Å²) >= 11 is 6.07. The van der Waals surface area contributed by atoms with E-state index in [4.69, 9.17) is 21.4 Å². The maximum Gasteiger partial charge on any atom is 0.140 e. The topological polar surface area (TPSA) is 45.8 Å². The van der Waals surface area contributed by atoms with E-state index < -0.39 is 0 Å². The monoisotopic (exact) mass is 581 g/mol. The molecule has 42 heavy (non-hydrogen) atoms. The fourth-order valence-electron chi connectivity index (χ4n) is 7.26. The van der Waals surface area contributed by atoms with E-state index in [0.29, 0.717) is 22.0 Å². The number of hydrogen-bond donors (Lipinski definition) is 1. The number of benzene rings is 2. The van der Waals surface area contributed by atoms with Crippen molar-refractivity contribution in [1.82, 2.24) is 0 Å². The van der Waals surface area contributed by atoms with E-state index in [9.17, 15) is 5.11 Å². The molecule has 5 heteroatoms. The fraction of sp³-hybridized carbons (Fsp3) is 0.432. The van der Waals surface area contributed by atoms with Crippen LogP contribution in [0.3, 0.4) is 0 Å². The predicted molar refractivity (Wildman–Crippen MR) is 177 cm³/mol. The van der Waals surface area contributed by atoms with Gasteiger partial charge in [-0.2, -0.15) is 0 Å². The molecule has 5 aliphatic rings. The second-order valence-corrected chi connectivity index (χ2v) is 12.7. The fourth-order valence-corrected chi connectivity index (χ4v) is 7.67. The molecule has 220 valence electrons. The maximum absolute atomic E-state index is 11.8. The Hall–Kier alpha value is -3.31. The Kier molecular flexibility index (Phi) is 7.82. The summed E-state index contributed by atoms with van der Waals surface area (Å²) in [5.41, 5.74) is 11.9. The van der Waals surface area contributed by atoms with Gasteiger partial charge >= 0.3 is 0 Å². The maximum atomic E-state index is 11.8. The molecule has 0 saturated carbocycles. The molecule has 0 aromatic heterocycles. The van der Waals surface area contributed by atoms with E-state index >= 15 is 0 Å². The highest BCUT2D eigenvalue weighted by Crippen LogP contribution is 2.48. The number of ether oxygens (including phenoxy) is 1. The summed E-state index contributed by atoms with van der Waals surface area (Å²) in [6, 6.07) is 1.98. The van der Waals surface area contributed by atoms with Gasteiger partial charge in [-0.3, -0.25) is 0 Å². The van der Waals surface area contributed by atoms with Crippen LogP contribution >= 0.6 is 12.2 Å². The van der Waals surface area contributed by atoms with Crippen LogP contribution in [0.1, 0.15) is 91.3 Å². The predicted octanol–water partition coefficient (Wildman–Crippen LogP) is 8.18. The van der Waals surface area contributed by atoms with Crippen LogP contribution in [0.25, 0.3) is 29.7 Å². The molecule has 0 spiro atoms. The number of nitrogens with zero attached hydrogens (tertiary/aromatic N) is 1. The molecule has 1 aliphatic carbocycles. The quantitative estimate of drug-likeness (QED) is 0.285. The Morgan fingerprint density at radius 3 is 2.33 bits per heavy atom. The number of rotatable bonds is 7. The second-order valence-electron chi connectivity index (χ2n) is 12.2. The van der Waals surface area contributed by atoms with Crippen LogP contribution < -0.4 is 20.3 Å². The van der Waals surface area contributed by atoms with Crippen LogP contribution in [0.15, 0.2) is 28.4 Å². The van der Waals surface area contributed by atoms with Gasteiger partial charge in [-0.15, -0.1) is 0 Å². The summed E-state index contributed by atoms with van der Waals surface area (Å²) in [4.78, 5) is 2.53. The van der Waals surface area contributed by atoms with Crippen LogP contribution in [0.5, 0.6) is 5.75 Å². The molecule has 0 atom stereocenters. The number of anilines is 1. The van der Waals surface area contributed by atoms with Gasteiger partial charge in [0.2, 0.25) is 0 Å². The van der Waals surface area contributed by atoms with Crippen molar-refractivity contribution in [2.45, 2.75) is 91.9 Å². The zero-order valence-electron chi connectivity index (χ0n) is 25.7. The number of hydrogen-bond acceptors (Lipinski definition) is 5. The molecule has 0 bridgehead atoms. The van der Waals surface area contributed by atoms with Gasteiger partial charge in [0.25, 0.3) is 0 Å². The molecule has 0 unspecified atom stereocenters. The third-order valence-electron chi connectivity index (χ3n) is 9.62. The van der Waals surface area contributed by atoms with Gasteiger partial charge in [0.1, 0.15) is 28.4 Å². The first-order valence-corrected chi connectivity index (χ1v) is 16.2. The summed E-state index contributed by atoms with van der Waals surface area (Å²) in [5, 5.41) is 12.4. The minimum Gasteiger partial charge on any atom is -0.506 e. The van der Waals surface area contributed by atoms with E-state index in [0.717, 1.165) is 98.0 Å². The van der Waals surface area contributed by atoms with Crippen molar-refractivity contribution in [1.29, 1.82) is 0 Å². The summed E-state index contributed by atoms with van der Waals surface area (Å²) in [6.45, 7) is 19.5. The van der Waals surface area contributed by atoms with Crippen molar-refractivity contribution >= 4 is 36.3 Å². The Morgan fingerprint density at radius 2 is 1.64 bits per heavy atom. The van der Waals surface area contributed by atoms with Gasteiger partial charge in [0, 0.05) is 35.5 Å². The second kappa shape index (κ2) is 11.4. The molecule has 1 aromatic rings. The van der Waals surface area contributed by atoms with Crippen molar-refractivity contribution in [3.63, 3.8) is 0 Å². The van der Waals surface area contributed by atoms with E-state index in [-0.39, 0.29) is 5.76 Å². The SMILES string of the molecule is C=C1Oc2c(c(C)c3c4c2CCCN4CCC3)C=C1/C(O)=c1/cc2c(=S)c(CCCC)c(C)c(CCCC)c-2oc1=C. The van der Waals surface area contributed by atoms with E-state index in [1.807, 2.05) is 6.07 Å². The standard InChI is InChI=1S/C37H43NO3S/c1-7-9-13-26-22(4)27(14-10-8-2)37(42)32-20-31(24(6)40-35(26)32)34(39)30-19-29-21(3)25-15-11-17-38-18-12-16-28(33(25)38)36(29)41-23(30)5/h19-20,39H,5-18H2,1-4H3/b34-31+. The molecule has 0 fully saturated rings. The first kappa shape index (κ1) is 28.8.